The second kappa shape index (κ2) is 6.97. The molecule has 1 aliphatic heterocycles. The van der Waals surface area contributed by atoms with Crippen LogP contribution in [-0.2, 0) is 4.79 Å². The molecule has 0 aromatic heterocycles. The highest BCUT2D eigenvalue weighted by molar-refractivity contribution is 5.79. The fraction of sp³-hybridized carbons (Fsp3) is 0.923. The van der Waals surface area contributed by atoms with E-state index in [9.17, 15) is 9.90 Å². The maximum atomic E-state index is 12.0. The maximum absolute atomic E-state index is 12.0. The van der Waals surface area contributed by atoms with Crippen molar-refractivity contribution in [1.82, 2.24) is 10.6 Å². The van der Waals surface area contributed by atoms with Gasteiger partial charge in [-0.3, -0.25) is 4.79 Å². The van der Waals surface area contributed by atoms with Crippen LogP contribution in [-0.4, -0.2) is 37.3 Å². The Morgan fingerprint density at radius 3 is 2.65 bits per heavy atom. The van der Waals surface area contributed by atoms with Gasteiger partial charge in [0.25, 0.3) is 0 Å². The molecule has 1 saturated heterocycles. The van der Waals surface area contributed by atoms with Crippen LogP contribution in [0.25, 0.3) is 0 Å². The van der Waals surface area contributed by atoms with E-state index < -0.39 is 0 Å². The Hall–Kier alpha value is -0.610. The van der Waals surface area contributed by atoms with Crippen LogP contribution >= 0.6 is 0 Å². The van der Waals surface area contributed by atoms with Gasteiger partial charge in [-0.1, -0.05) is 13.8 Å². The first kappa shape index (κ1) is 14.5. The summed E-state index contributed by atoms with van der Waals surface area (Å²) in [6, 6.07) is 0. The number of aliphatic hydroxyl groups is 1. The standard InChI is InChI=1S/C13H26N2O2/c1-3-13(4-2,10-16)9-15-12(17)11-6-5-7-14-8-11/h11,14,16H,3-10H2,1-2H3,(H,15,17)/t11-/m0/s1. The molecule has 0 bridgehead atoms. The third kappa shape index (κ3) is 3.96. The lowest BCUT2D eigenvalue weighted by Crippen LogP contribution is -2.45. The molecule has 0 unspecified atom stereocenters. The highest BCUT2D eigenvalue weighted by Crippen LogP contribution is 2.24. The number of rotatable bonds is 6. The van der Waals surface area contributed by atoms with Crippen LogP contribution in [0.4, 0.5) is 0 Å². The quantitative estimate of drug-likeness (QED) is 0.648. The summed E-state index contributed by atoms with van der Waals surface area (Å²) < 4.78 is 0. The van der Waals surface area contributed by atoms with Crippen LogP contribution in [0.3, 0.4) is 0 Å². The molecule has 0 aromatic rings. The normalized spacial score (nSPS) is 21.2. The van der Waals surface area contributed by atoms with E-state index in [1.807, 2.05) is 0 Å². The number of amides is 1. The van der Waals surface area contributed by atoms with Crippen LogP contribution in [0.15, 0.2) is 0 Å². The molecule has 1 atom stereocenters. The van der Waals surface area contributed by atoms with E-state index in [2.05, 4.69) is 24.5 Å². The van der Waals surface area contributed by atoms with Gasteiger partial charge in [-0.2, -0.15) is 0 Å². The number of carbonyl (C=O) groups excluding carboxylic acids is 1. The van der Waals surface area contributed by atoms with Crippen molar-refractivity contribution < 1.29 is 9.90 Å². The van der Waals surface area contributed by atoms with Crippen LogP contribution in [0.2, 0.25) is 0 Å². The van der Waals surface area contributed by atoms with Crippen LogP contribution in [0.5, 0.6) is 0 Å². The molecule has 1 aliphatic rings. The van der Waals surface area contributed by atoms with Crippen molar-refractivity contribution >= 4 is 5.91 Å². The molecule has 1 amide bonds. The Labute approximate surface area is 104 Å². The number of piperidine rings is 1. The number of hydrogen-bond acceptors (Lipinski definition) is 3. The third-order valence-electron chi connectivity index (χ3n) is 4.14. The SMILES string of the molecule is CCC(CC)(CO)CNC(=O)[C@H]1CCCNC1. The average Bonchev–Trinajstić information content (AvgIpc) is 2.41. The van der Waals surface area contributed by atoms with Crippen molar-refractivity contribution in [1.29, 1.82) is 0 Å². The van der Waals surface area contributed by atoms with Crippen molar-refractivity contribution in [2.45, 2.75) is 39.5 Å². The topological polar surface area (TPSA) is 61.4 Å². The molecule has 0 aliphatic carbocycles. The molecule has 0 radical (unpaired) electrons. The first-order valence-corrected chi connectivity index (χ1v) is 6.76. The van der Waals surface area contributed by atoms with E-state index in [1.165, 1.54) is 0 Å². The van der Waals surface area contributed by atoms with Gasteiger partial charge < -0.3 is 15.7 Å². The van der Waals surface area contributed by atoms with Gasteiger partial charge in [0.05, 0.1) is 12.5 Å². The molecule has 4 nitrogen and oxygen atoms in total. The first-order valence-electron chi connectivity index (χ1n) is 6.76. The van der Waals surface area contributed by atoms with E-state index in [1.54, 1.807) is 0 Å². The Balaban J connectivity index is 2.40. The molecule has 0 spiro atoms. The van der Waals surface area contributed by atoms with Gasteiger partial charge >= 0.3 is 0 Å². The fourth-order valence-corrected chi connectivity index (χ4v) is 2.27. The zero-order valence-corrected chi connectivity index (χ0v) is 11.1. The van der Waals surface area contributed by atoms with Gasteiger partial charge in [-0.05, 0) is 32.2 Å². The van der Waals surface area contributed by atoms with E-state index in [0.717, 1.165) is 38.8 Å². The summed E-state index contributed by atoms with van der Waals surface area (Å²) in [6.45, 7) is 6.67. The van der Waals surface area contributed by atoms with E-state index in [4.69, 9.17) is 0 Å². The molecule has 0 aromatic carbocycles. The molecular weight excluding hydrogens is 216 g/mol. The highest BCUT2D eigenvalue weighted by atomic mass is 16.3. The van der Waals surface area contributed by atoms with E-state index >= 15 is 0 Å². The number of aliphatic hydroxyl groups excluding tert-OH is 1. The average molecular weight is 242 g/mol. The molecule has 100 valence electrons. The summed E-state index contributed by atoms with van der Waals surface area (Å²) in [5, 5.41) is 15.7. The molecule has 3 N–H and O–H groups in total. The fourth-order valence-electron chi connectivity index (χ4n) is 2.27. The summed E-state index contributed by atoms with van der Waals surface area (Å²) in [4.78, 5) is 12.0. The lowest BCUT2D eigenvalue weighted by atomic mass is 9.83. The molecule has 1 heterocycles. The lowest BCUT2D eigenvalue weighted by molar-refractivity contribution is -0.126. The summed E-state index contributed by atoms with van der Waals surface area (Å²) >= 11 is 0. The molecule has 1 fully saturated rings. The summed E-state index contributed by atoms with van der Waals surface area (Å²) in [5.74, 6) is 0.241. The minimum Gasteiger partial charge on any atom is -0.396 e. The van der Waals surface area contributed by atoms with Crippen molar-refractivity contribution in [3.63, 3.8) is 0 Å². The minimum absolute atomic E-state index is 0.105. The van der Waals surface area contributed by atoms with Crippen LogP contribution in [0.1, 0.15) is 39.5 Å². The van der Waals surface area contributed by atoms with E-state index in [0.29, 0.717) is 6.54 Å². The Morgan fingerprint density at radius 2 is 2.18 bits per heavy atom. The number of carbonyl (C=O) groups is 1. The van der Waals surface area contributed by atoms with Crippen molar-refractivity contribution in [3.05, 3.63) is 0 Å². The Morgan fingerprint density at radius 1 is 1.47 bits per heavy atom. The Kier molecular flexibility index (Phi) is 5.92. The summed E-state index contributed by atoms with van der Waals surface area (Å²) in [6.07, 6.45) is 3.83. The van der Waals surface area contributed by atoms with Crippen molar-refractivity contribution in [2.24, 2.45) is 11.3 Å². The second-order valence-electron chi connectivity index (χ2n) is 5.13. The molecule has 4 heteroatoms. The van der Waals surface area contributed by atoms with Gasteiger partial charge in [0, 0.05) is 18.5 Å². The maximum Gasteiger partial charge on any atom is 0.224 e. The third-order valence-corrected chi connectivity index (χ3v) is 4.14. The Bertz CT molecular complexity index is 225. The summed E-state index contributed by atoms with van der Waals surface area (Å²) in [7, 11) is 0. The van der Waals surface area contributed by atoms with Crippen molar-refractivity contribution in [3.8, 4) is 0 Å². The number of hydrogen-bond donors (Lipinski definition) is 3. The van der Waals surface area contributed by atoms with Gasteiger partial charge in [0.1, 0.15) is 0 Å². The van der Waals surface area contributed by atoms with E-state index in [-0.39, 0.29) is 23.8 Å². The lowest BCUT2D eigenvalue weighted by Gasteiger charge is -2.31. The molecule has 17 heavy (non-hydrogen) atoms. The second-order valence-corrected chi connectivity index (χ2v) is 5.13. The zero-order valence-electron chi connectivity index (χ0n) is 11.1. The minimum atomic E-state index is -0.141. The highest BCUT2D eigenvalue weighted by Gasteiger charge is 2.28. The summed E-state index contributed by atoms with van der Waals surface area (Å²) in [5.41, 5.74) is -0.141. The van der Waals surface area contributed by atoms with Gasteiger partial charge in [0.15, 0.2) is 0 Å². The first-order chi connectivity index (χ1) is 8.17. The predicted octanol–water partition coefficient (Wildman–Crippen LogP) is 0.901. The molecular formula is C13H26N2O2. The molecule has 1 rings (SSSR count). The zero-order chi connectivity index (χ0) is 12.7. The largest absolute Gasteiger partial charge is 0.396 e. The number of nitrogens with one attached hydrogen (secondary N) is 2. The van der Waals surface area contributed by atoms with Gasteiger partial charge in [-0.15, -0.1) is 0 Å². The van der Waals surface area contributed by atoms with Crippen LogP contribution in [0, 0.1) is 11.3 Å². The van der Waals surface area contributed by atoms with Crippen LogP contribution < -0.4 is 10.6 Å². The smallest absolute Gasteiger partial charge is 0.224 e. The predicted molar refractivity (Wildman–Crippen MR) is 68.7 cm³/mol. The monoisotopic (exact) mass is 242 g/mol. The van der Waals surface area contributed by atoms with Gasteiger partial charge in [0.2, 0.25) is 5.91 Å². The van der Waals surface area contributed by atoms with Gasteiger partial charge in [-0.25, -0.2) is 0 Å². The van der Waals surface area contributed by atoms with Crippen molar-refractivity contribution in [2.75, 3.05) is 26.2 Å². The molecule has 0 saturated carbocycles.